The summed E-state index contributed by atoms with van der Waals surface area (Å²) in [5.41, 5.74) is 3.78. The summed E-state index contributed by atoms with van der Waals surface area (Å²) in [6.07, 6.45) is 3.62. The first-order valence-electron chi connectivity index (χ1n) is 8.62. The molecule has 2 aromatic carbocycles. The molecule has 26 heavy (non-hydrogen) atoms. The second-order valence-corrected chi connectivity index (χ2v) is 5.98. The van der Waals surface area contributed by atoms with Crippen molar-refractivity contribution in [1.29, 1.82) is 0 Å². The Morgan fingerprint density at radius 2 is 1.88 bits per heavy atom. The summed E-state index contributed by atoms with van der Waals surface area (Å²) in [5.74, 6) is 1.07. The fourth-order valence-corrected chi connectivity index (χ4v) is 2.28. The second kappa shape index (κ2) is 10.5. The molecule has 0 saturated carbocycles. The number of nitrogens with zero attached hydrogens (tertiary/aromatic N) is 1. The highest BCUT2D eigenvalue weighted by atomic mass is 35.5. The van der Waals surface area contributed by atoms with Gasteiger partial charge in [-0.1, -0.05) is 24.9 Å². The summed E-state index contributed by atoms with van der Waals surface area (Å²) < 4.78 is 11.4. The van der Waals surface area contributed by atoms with Crippen LogP contribution in [-0.2, 0) is 0 Å². The van der Waals surface area contributed by atoms with Gasteiger partial charge in [-0.15, -0.1) is 0 Å². The van der Waals surface area contributed by atoms with Crippen molar-refractivity contribution in [3.05, 3.63) is 58.6 Å². The van der Waals surface area contributed by atoms with Crippen LogP contribution >= 0.6 is 11.6 Å². The largest absolute Gasteiger partial charge is 0.490 e. The van der Waals surface area contributed by atoms with E-state index in [1.165, 1.54) is 0 Å². The summed E-state index contributed by atoms with van der Waals surface area (Å²) in [5, 5.41) is 4.57. The maximum Gasteiger partial charge on any atom is 0.271 e. The van der Waals surface area contributed by atoms with E-state index in [2.05, 4.69) is 17.5 Å². The monoisotopic (exact) mass is 374 g/mol. The number of amides is 1. The molecule has 0 spiro atoms. The topological polar surface area (TPSA) is 59.9 Å². The van der Waals surface area contributed by atoms with E-state index in [1.54, 1.807) is 30.5 Å². The van der Waals surface area contributed by atoms with Gasteiger partial charge in [0.25, 0.3) is 5.91 Å². The molecule has 0 aliphatic carbocycles. The number of hydrazone groups is 1. The number of carbonyl (C=O) groups is 1. The van der Waals surface area contributed by atoms with E-state index in [9.17, 15) is 4.79 Å². The van der Waals surface area contributed by atoms with E-state index in [4.69, 9.17) is 21.1 Å². The van der Waals surface area contributed by atoms with Gasteiger partial charge in [0.15, 0.2) is 11.5 Å². The zero-order chi connectivity index (χ0) is 18.8. The fourth-order valence-electron chi connectivity index (χ4n) is 2.15. The number of ether oxygens (including phenoxy) is 2. The predicted molar refractivity (Wildman–Crippen MR) is 105 cm³/mol. The molecule has 2 aromatic rings. The molecule has 0 radical (unpaired) electrons. The minimum Gasteiger partial charge on any atom is -0.490 e. The standard InChI is InChI=1S/C20H23ClN2O3/c1-3-5-12-26-18-11-6-15(13-19(18)25-4-2)14-22-23-20(24)16-7-9-17(21)10-8-16/h6-11,13-14H,3-5,12H2,1-2H3,(H,23,24)/b22-14+. The van der Waals surface area contributed by atoms with E-state index in [-0.39, 0.29) is 5.91 Å². The molecule has 0 aliphatic heterocycles. The number of hydrogen-bond acceptors (Lipinski definition) is 4. The lowest BCUT2D eigenvalue weighted by Crippen LogP contribution is -2.17. The third-order valence-corrected chi connectivity index (χ3v) is 3.76. The van der Waals surface area contributed by atoms with Crippen molar-refractivity contribution >= 4 is 23.7 Å². The Labute approximate surface area is 159 Å². The van der Waals surface area contributed by atoms with Crippen molar-refractivity contribution in [2.75, 3.05) is 13.2 Å². The van der Waals surface area contributed by atoms with Crippen LogP contribution in [0.15, 0.2) is 47.6 Å². The van der Waals surface area contributed by atoms with Crippen molar-refractivity contribution in [2.45, 2.75) is 26.7 Å². The molecule has 5 nitrogen and oxygen atoms in total. The van der Waals surface area contributed by atoms with Crippen LogP contribution in [0.4, 0.5) is 0 Å². The third kappa shape index (κ3) is 6.08. The van der Waals surface area contributed by atoms with Gasteiger partial charge in [-0.3, -0.25) is 4.79 Å². The van der Waals surface area contributed by atoms with E-state index < -0.39 is 0 Å². The normalized spacial score (nSPS) is 10.7. The van der Waals surface area contributed by atoms with Gasteiger partial charge in [-0.25, -0.2) is 5.43 Å². The summed E-state index contributed by atoms with van der Waals surface area (Å²) in [7, 11) is 0. The summed E-state index contributed by atoms with van der Waals surface area (Å²) in [4.78, 5) is 12.0. The zero-order valence-electron chi connectivity index (χ0n) is 15.0. The molecule has 0 unspecified atom stereocenters. The maximum atomic E-state index is 12.0. The molecule has 138 valence electrons. The summed E-state index contributed by atoms with van der Waals surface area (Å²) in [6.45, 7) is 5.23. The Balaban J connectivity index is 2.01. The Morgan fingerprint density at radius 3 is 2.58 bits per heavy atom. The van der Waals surface area contributed by atoms with Crippen molar-refractivity contribution in [3.63, 3.8) is 0 Å². The molecule has 0 aliphatic rings. The van der Waals surface area contributed by atoms with Crippen LogP contribution in [0, 0.1) is 0 Å². The van der Waals surface area contributed by atoms with Crippen molar-refractivity contribution in [2.24, 2.45) is 5.10 Å². The van der Waals surface area contributed by atoms with Crippen LogP contribution in [0.1, 0.15) is 42.6 Å². The molecule has 0 aromatic heterocycles. The number of benzene rings is 2. The predicted octanol–water partition coefficient (Wildman–Crippen LogP) is 4.68. The molecule has 0 bridgehead atoms. The number of halogens is 1. The number of unbranched alkanes of at least 4 members (excludes halogenated alkanes) is 1. The first kappa shape index (κ1) is 19.8. The number of carbonyl (C=O) groups excluding carboxylic acids is 1. The Hall–Kier alpha value is -2.53. The SMILES string of the molecule is CCCCOc1ccc(/C=N/NC(=O)c2ccc(Cl)cc2)cc1OCC. The van der Waals surface area contributed by atoms with Crippen molar-refractivity contribution in [3.8, 4) is 11.5 Å². The minimum absolute atomic E-state index is 0.303. The van der Waals surface area contributed by atoms with E-state index in [1.807, 2.05) is 25.1 Å². The average molecular weight is 375 g/mol. The van der Waals surface area contributed by atoms with E-state index >= 15 is 0 Å². The lowest BCUT2D eigenvalue weighted by atomic mass is 10.2. The summed E-state index contributed by atoms with van der Waals surface area (Å²) in [6, 6.07) is 12.1. The molecular formula is C20H23ClN2O3. The van der Waals surface area contributed by atoms with Crippen LogP contribution in [0.3, 0.4) is 0 Å². The molecule has 6 heteroatoms. The molecule has 1 amide bonds. The number of rotatable bonds is 9. The number of hydrogen-bond donors (Lipinski definition) is 1. The van der Waals surface area contributed by atoms with Gasteiger partial charge < -0.3 is 9.47 Å². The van der Waals surface area contributed by atoms with Crippen LogP contribution in [0.25, 0.3) is 0 Å². The molecule has 1 N–H and O–H groups in total. The molecule has 2 rings (SSSR count). The average Bonchev–Trinajstić information content (AvgIpc) is 2.64. The van der Waals surface area contributed by atoms with Crippen LogP contribution < -0.4 is 14.9 Å². The molecule has 0 heterocycles. The minimum atomic E-state index is -0.303. The van der Waals surface area contributed by atoms with Gasteiger partial charge in [0.05, 0.1) is 19.4 Å². The first-order valence-corrected chi connectivity index (χ1v) is 9.00. The smallest absolute Gasteiger partial charge is 0.271 e. The molecule has 0 atom stereocenters. The third-order valence-electron chi connectivity index (χ3n) is 3.51. The van der Waals surface area contributed by atoms with Crippen LogP contribution in [-0.4, -0.2) is 25.3 Å². The zero-order valence-corrected chi connectivity index (χ0v) is 15.8. The highest BCUT2D eigenvalue weighted by molar-refractivity contribution is 6.30. The Kier molecular flexibility index (Phi) is 7.96. The molecule has 0 fully saturated rings. The Morgan fingerprint density at radius 1 is 1.12 bits per heavy atom. The molecular weight excluding hydrogens is 352 g/mol. The first-order chi connectivity index (χ1) is 12.6. The van der Waals surface area contributed by atoms with Gasteiger partial charge in [-0.05, 0) is 61.4 Å². The van der Waals surface area contributed by atoms with Gasteiger partial charge in [-0.2, -0.15) is 5.10 Å². The van der Waals surface area contributed by atoms with Gasteiger partial charge >= 0.3 is 0 Å². The lowest BCUT2D eigenvalue weighted by Gasteiger charge is -2.12. The van der Waals surface area contributed by atoms with E-state index in [0.717, 1.165) is 18.4 Å². The lowest BCUT2D eigenvalue weighted by molar-refractivity contribution is 0.0955. The second-order valence-electron chi connectivity index (χ2n) is 5.55. The maximum absolute atomic E-state index is 12.0. The van der Waals surface area contributed by atoms with Crippen molar-refractivity contribution in [1.82, 2.24) is 5.43 Å². The fraction of sp³-hybridized carbons (Fsp3) is 0.300. The van der Waals surface area contributed by atoms with Crippen LogP contribution in [0.5, 0.6) is 11.5 Å². The summed E-state index contributed by atoms with van der Waals surface area (Å²) >= 11 is 5.81. The van der Waals surface area contributed by atoms with Crippen molar-refractivity contribution < 1.29 is 14.3 Å². The highest BCUT2D eigenvalue weighted by Gasteiger charge is 2.06. The van der Waals surface area contributed by atoms with Gasteiger partial charge in [0.2, 0.25) is 0 Å². The highest BCUT2D eigenvalue weighted by Crippen LogP contribution is 2.28. The van der Waals surface area contributed by atoms with Gasteiger partial charge in [0.1, 0.15) is 0 Å². The van der Waals surface area contributed by atoms with Crippen LogP contribution in [0.2, 0.25) is 5.02 Å². The molecule has 0 saturated heterocycles. The number of nitrogens with one attached hydrogen (secondary N) is 1. The quantitative estimate of drug-likeness (QED) is 0.394. The van der Waals surface area contributed by atoms with Gasteiger partial charge in [0, 0.05) is 10.6 Å². The van der Waals surface area contributed by atoms with E-state index in [0.29, 0.717) is 35.3 Å². The Bertz CT molecular complexity index is 745.